The summed E-state index contributed by atoms with van der Waals surface area (Å²) >= 11 is 0. The second kappa shape index (κ2) is 5.20. The Kier molecular flexibility index (Phi) is 3.13. The van der Waals surface area contributed by atoms with Crippen LogP contribution in [-0.2, 0) is 6.42 Å². The van der Waals surface area contributed by atoms with Gasteiger partial charge in [0.25, 0.3) is 5.91 Å². The van der Waals surface area contributed by atoms with Gasteiger partial charge in [0.15, 0.2) is 0 Å². The Labute approximate surface area is 138 Å². The minimum atomic E-state index is -0.387. The van der Waals surface area contributed by atoms with E-state index < -0.39 is 0 Å². The van der Waals surface area contributed by atoms with Gasteiger partial charge in [-0.2, -0.15) is 0 Å². The largest absolute Gasteiger partial charge is 0.423 e. The van der Waals surface area contributed by atoms with Crippen molar-refractivity contribution < 1.29 is 9.21 Å². The molecule has 0 bridgehead atoms. The fourth-order valence-corrected chi connectivity index (χ4v) is 3.27. The molecule has 0 atom stereocenters. The van der Waals surface area contributed by atoms with Crippen LogP contribution in [0.2, 0.25) is 0 Å². The maximum absolute atomic E-state index is 12.9. The van der Waals surface area contributed by atoms with Gasteiger partial charge in [0.1, 0.15) is 5.58 Å². The SMILES string of the molecule is C=C1Cc2c(ccc3oc(=O)ccc23)N(C)C(=O)c2ccccc21. The molecule has 4 rings (SSSR count). The van der Waals surface area contributed by atoms with Crippen LogP contribution in [0.25, 0.3) is 16.5 Å². The van der Waals surface area contributed by atoms with Crippen molar-refractivity contribution in [2.45, 2.75) is 6.42 Å². The Morgan fingerprint density at radius 3 is 2.54 bits per heavy atom. The molecule has 1 aliphatic rings. The summed E-state index contributed by atoms with van der Waals surface area (Å²) in [4.78, 5) is 26.0. The molecule has 1 amide bonds. The van der Waals surface area contributed by atoms with E-state index in [0.29, 0.717) is 17.6 Å². The van der Waals surface area contributed by atoms with E-state index in [9.17, 15) is 9.59 Å². The van der Waals surface area contributed by atoms with Gasteiger partial charge in [-0.1, -0.05) is 24.8 Å². The molecule has 0 radical (unpaired) electrons. The number of nitrogens with zero attached hydrogens (tertiary/aromatic N) is 1. The van der Waals surface area contributed by atoms with Crippen molar-refractivity contribution >= 4 is 28.1 Å². The van der Waals surface area contributed by atoms with Crippen LogP contribution in [0.1, 0.15) is 21.5 Å². The number of benzene rings is 2. The van der Waals surface area contributed by atoms with Gasteiger partial charge in [0, 0.05) is 36.2 Å². The summed E-state index contributed by atoms with van der Waals surface area (Å²) in [7, 11) is 1.76. The maximum atomic E-state index is 12.9. The first kappa shape index (κ1) is 14.5. The molecule has 0 saturated carbocycles. The number of hydrogen-bond donors (Lipinski definition) is 0. The number of amides is 1. The molecule has 0 saturated heterocycles. The Morgan fingerprint density at radius 2 is 1.75 bits per heavy atom. The van der Waals surface area contributed by atoms with E-state index in [1.165, 1.54) is 6.07 Å². The van der Waals surface area contributed by atoms with E-state index in [1.54, 1.807) is 24.1 Å². The van der Waals surface area contributed by atoms with Gasteiger partial charge in [-0.25, -0.2) is 4.79 Å². The topological polar surface area (TPSA) is 50.5 Å². The summed E-state index contributed by atoms with van der Waals surface area (Å²) in [5.74, 6) is -0.0792. The van der Waals surface area contributed by atoms with Crippen molar-refractivity contribution in [3.8, 4) is 0 Å². The molecule has 0 fully saturated rings. The summed E-state index contributed by atoms with van der Waals surface area (Å²) < 4.78 is 5.28. The number of rotatable bonds is 0. The van der Waals surface area contributed by atoms with Crippen molar-refractivity contribution in [1.29, 1.82) is 0 Å². The van der Waals surface area contributed by atoms with Gasteiger partial charge in [-0.15, -0.1) is 0 Å². The Bertz CT molecular complexity index is 1060. The minimum absolute atomic E-state index is 0.0792. The van der Waals surface area contributed by atoms with Gasteiger partial charge in [0.2, 0.25) is 0 Å². The Balaban J connectivity index is 2.02. The van der Waals surface area contributed by atoms with E-state index in [2.05, 4.69) is 6.58 Å². The van der Waals surface area contributed by atoms with Crippen LogP contribution in [0.5, 0.6) is 0 Å². The van der Waals surface area contributed by atoms with Crippen LogP contribution in [0.4, 0.5) is 5.69 Å². The van der Waals surface area contributed by atoms with Gasteiger partial charge in [0.05, 0.1) is 0 Å². The van der Waals surface area contributed by atoms with E-state index >= 15 is 0 Å². The number of anilines is 1. The molecular weight excluding hydrogens is 302 g/mol. The standard InChI is InChI=1S/C20H15NO3/c1-12-11-16-14-7-10-19(22)24-18(14)9-8-17(16)21(2)20(23)15-6-4-3-5-13(12)15/h3-10H,1,11H2,2H3. The quantitative estimate of drug-likeness (QED) is 0.595. The third-order valence-corrected chi connectivity index (χ3v) is 4.48. The molecule has 4 heteroatoms. The lowest BCUT2D eigenvalue weighted by molar-refractivity contribution is 0.0992. The summed E-state index contributed by atoms with van der Waals surface area (Å²) in [6.45, 7) is 4.18. The number of carbonyl (C=O) groups excluding carboxylic acids is 1. The monoisotopic (exact) mass is 317 g/mol. The van der Waals surface area contributed by atoms with Crippen LogP contribution in [0, 0.1) is 0 Å². The van der Waals surface area contributed by atoms with Gasteiger partial charge in [-0.05, 0) is 41.0 Å². The van der Waals surface area contributed by atoms with E-state index in [4.69, 9.17) is 4.42 Å². The van der Waals surface area contributed by atoms with Crippen LogP contribution >= 0.6 is 0 Å². The van der Waals surface area contributed by atoms with Crippen molar-refractivity contribution in [2.24, 2.45) is 0 Å². The zero-order chi connectivity index (χ0) is 16.8. The summed E-state index contributed by atoms with van der Waals surface area (Å²) in [6, 6.07) is 14.2. The van der Waals surface area contributed by atoms with Crippen LogP contribution < -0.4 is 10.5 Å². The van der Waals surface area contributed by atoms with Crippen molar-refractivity contribution in [3.63, 3.8) is 0 Å². The fraction of sp³-hybridized carbons (Fsp3) is 0.100. The first-order valence-corrected chi connectivity index (χ1v) is 7.67. The number of fused-ring (bicyclic) bond motifs is 4. The molecule has 0 N–H and O–H groups in total. The zero-order valence-corrected chi connectivity index (χ0v) is 13.2. The maximum Gasteiger partial charge on any atom is 0.336 e. The third-order valence-electron chi connectivity index (χ3n) is 4.48. The molecule has 118 valence electrons. The molecule has 0 unspecified atom stereocenters. The number of allylic oxidation sites excluding steroid dienone is 1. The molecule has 1 aliphatic heterocycles. The summed E-state index contributed by atoms with van der Waals surface area (Å²) in [6.07, 6.45) is 0.578. The van der Waals surface area contributed by atoms with Crippen molar-refractivity contribution in [2.75, 3.05) is 11.9 Å². The van der Waals surface area contributed by atoms with Gasteiger partial charge in [-0.3, -0.25) is 4.79 Å². The smallest absolute Gasteiger partial charge is 0.336 e. The van der Waals surface area contributed by atoms with Crippen molar-refractivity contribution in [3.05, 3.63) is 82.2 Å². The second-order valence-electron chi connectivity index (χ2n) is 5.92. The highest BCUT2D eigenvalue weighted by Gasteiger charge is 2.25. The lowest BCUT2D eigenvalue weighted by atomic mass is 9.90. The lowest BCUT2D eigenvalue weighted by Gasteiger charge is -2.26. The summed E-state index contributed by atoms with van der Waals surface area (Å²) in [5, 5.41) is 0.826. The van der Waals surface area contributed by atoms with Crippen molar-refractivity contribution in [1.82, 2.24) is 0 Å². The lowest BCUT2D eigenvalue weighted by Crippen LogP contribution is -2.29. The fourth-order valence-electron chi connectivity index (χ4n) is 3.27. The summed E-state index contributed by atoms with van der Waals surface area (Å²) in [5.41, 5.74) is 4.24. The Hall–Kier alpha value is -3.14. The molecule has 2 heterocycles. The predicted molar refractivity (Wildman–Crippen MR) is 94.4 cm³/mol. The average molecular weight is 317 g/mol. The Morgan fingerprint density at radius 1 is 1.00 bits per heavy atom. The normalized spacial score (nSPS) is 14.1. The minimum Gasteiger partial charge on any atom is -0.423 e. The highest BCUT2D eigenvalue weighted by atomic mass is 16.4. The number of hydrogen-bond acceptors (Lipinski definition) is 3. The predicted octanol–water partition coefficient (Wildman–Crippen LogP) is 3.64. The average Bonchev–Trinajstić information content (AvgIpc) is 2.59. The second-order valence-corrected chi connectivity index (χ2v) is 5.92. The van der Waals surface area contributed by atoms with Crippen LogP contribution in [0.3, 0.4) is 0 Å². The first-order valence-electron chi connectivity index (χ1n) is 7.67. The molecule has 0 spiro atoms. The van der Waals surface area contributed by atoms with Crippen LogP contribution in [-0.4, -0.2) is 13.0 Å². The highest BCUT2D eigenvalue weighted by Crippen LogP contribution is 2.35. The molecule has 4 nitrogen and oxygen atoms in total. The van der Waals surface area contributed by atoms with E-state index in [1.807, 2.05) is 30.3 Å². The van der Waals surface area contributed by atoms with E-state index in [0.717, 1.165) is 27.8 Å². The third kappa shape index (κ3) is 2.07. The molecular formula is C20H15NO3. The van der Waals surface area contributed by atoms with Gasteiger partial charge >= 0.3 is 5.63 Å². The number of carbonyl (C=O) groups is 1. The highest BCUT2D eigenvalue weighted by molar-refractivity contribution is 6.11. The molecule has 0 aliphatic carbocycles. The molecule has 3 aromatic rings. The van der Waals surface area contributed by atoms with Crippen LogP contribution in [0.15, 0.2) is 64.3 Å². The van der Waals surface area contributed by atoms with E-state index in [-0.39, 0.29) is 11.5 Å². The molecule has 2 aromatic carbocycles. The molecule has 24 heavy (non-hydrogen) atoms. The first-order chi connectivity index (χ1) is 11.6. The molecule has 1 aromatic heterocycles. The zero-order valence-electron chi connectivity index (χ0n) is 13.2. The van der Waals surface area contributed by atoms with Gasteiger partial charge < -0.3 is 9.32 Å².